The van der Waals surface area contributed by atoms with Gasteiger partial charge in [-0.1, -0.05) is 19.3 Å². The summed E-state index contributed by atoms with van der Waals surface area (Å²) < 4.78 is 0. The summed E-state index contributed by atoms with van der Waals surface area (Å²) in [5.41, 5.74) is 0. The first-order valence-electron chi connectivity index (χ1n) is 11.6. The first-order chi connectivity index (χ1) is 15.8. The van der Waals surface area contributed by atoms with Gasteiger partial charge in [0.05, 0.1) is 18.3 Å². The largest absolute Gasteiger partial charge is 0.549 e. The molecule has 33 heavy (non-hydrogen) atoms. The summed E-state index contributed by atoms with van der Waals surface area (Å²) in [5.74, 6) is -2.63. The predicted molar refractivity (Wildman–Crippen MR) is 119 cm³/mol. The molecule has 2 aliphatic heterocycles. The topological polar surface area (TPSA) is 151 Å². The van der Waals surface area contributed by atoms with E-state index in [4.69, 9.17) is 0 Å². The molecule has 0 spiro atoms. The molecular formula is C21H32N5O6S-. The Bertz CT molecular complexity index is 759. The zero-order valence-corrected chi connectivity index (χ0v) is 19.5. The van der Waals surface area contributed by atoms with Crippen LogP contribution in [0.4, 0.5) is 4.79 Å². The fourth-order valence-electron chi connectivity index (χ4n) is 4.47. The Balaban J connectivity index is 1.66. The van der Waals surface area contributed by atoms with Crippen molar-refractivity contribution in [2.75, 3.05) is 37.7 Å². The first-order valence-corrected chi connectivity index (χ1v) is 12.7. The highest BCUT2D eigenvalue weighted by atomic mass is 32.2. The van der Waals surface area contributed by atoms with Gasteiger partial charge in [-0.15, -0.1) is 11.8 Å². The standard InChI is InChI=1S/C21H33N5O6S/c27-17(12-33-13-18(28)29)25-9-10-26(21(32)23-14-5-2-1-3-6-14)16(11-25)20(31)24-15-7-4-8-22-19(15)30/h14-16H,1-13H2,(H,22,30)(H,23,32)(H,24,31)(H,28,29)/p-1/t15-,16+/m0/s1. The number of carbonyl (C=O) groups excluding carboxylic acids is 5. The smallest absolute Gasteiger partial charge is 0.318 e. The second-order valence-electron chi connectivity index (χ2n) is 8.69. The molecule has 3 N–H and O–H groups in total. The number of piperidine rings is 1. The fourth-order valence-corrected chi connectivity index (χ4v) is 5.10. The molecule has 12 heteroatoms. The Hall–Kier alpha value is -2.50. The van der Waals surface area contributed by atoms with E-state index in [-0.39, 0.29) is 55.0 Å². The summed E-state index contributed by atoms with van der Waals surface area (Å²) in [6.45, 7) is 0.972. The van der Waals surface area contributed by atoms with Crippen LogP contribution in [0.2, 0.25) is 0 Å². The Morgan fingerprint density at radius 2 is 1.76 bits per heavy atom. The van der Waals surface area contributed by atoms with Gasteiger partial charge in [0, 0.05) is 31.4 Å². The second-order valence-corrected chi connectivity index (χ2v) is 9.68. The highest BCUT2D eigenvalue weighted by molar-refractivity contribution is 8.00. The molecule has 1 saturated carbocycles. The van der Waals surface area contributed by atoms with E-state index in [0.29, 0.717) is 13.0 Å². The van der Waals surface area contributed by atoms with Crippen molar-refractivity contribution in [2.45, 2.75) is 63.1 Å². The average molecular weight is 483 g/mol. The Morgan fingerprint density at radius 1 is 1.00 bits per heavy atom. The summed E-state index contributed by atoms with van der Waals surface area (Å²) >= 11 is 0.932. The van der Waals surface area contributed by atoms with Crippen molar-refractivity contribution in [2.24, 2.45) is 0 Å². The maximum absolute atomic E-state index is 13.1. The van der Waals surface area contributed by atoms with Gasteiger partial charge in [-0.2, -0.15) is 0 Å². The van der Waals surface area contributed by atoms with Crippen LogP contribution in [0.15, 0.2) is 0 Å². The number of piperazine rings is 1. The number of urea groups is 1. The Morgan fingerprint density at radius 3 is 2.45 bits per heavy atom. The third-order valence-electron chi connectivity index (χ3n) is 6.28. The maximum Gasteiger partial charge on any atom is 0.318 e. The van der Waals surface area contributed by atoms with Gasteiger partial charge < -0.3 is 35.7 Å². The first kappa shape index (κ1) is 25.1. The molecular weight excluding hydrogens is 450 g/mol. The molecule has 2 saturated heterocycles. The van der Waals surface area contributed by atoms with E-state index < -0.39 is 24.0 Å². The van der Waals surface area contributed by atoms with Gasteiger partial charge in [0.2, 0.25) is 17.7 Å². The lowest BCUT2D eigenvalue weighted by atomic mass is 9.95. The number of hydrogen-bond acceptors (Lipinski definition) is 7. The highest BCUT2D eigenvalue weighted by Gasteiger charge is 2.39. The summed E-state index contributed by atoms with van der Waals surface area (Å²) in [7, 11) is 0. The maximum atomic E-state index is 13.1. The molecule has 0 aromatic rings. The van der Waals surface area contributed by atoms with Crippen LogP contribution in [0.1, 0.15) is 44.9 Å². The lowest BCUT2D eigenvalue weighted by molar-refractivity contribution is -0.301. The summed E-state index contributed by atoms with van der Waals surface area (Å²) in [4.78, 5) is 64.4. The van der Waals surface area contributed by atoms with E-state index in [1.165, 1.54) is 9.80 Å². The molecule has 184 valence electrons. The minimum Gasteiger partial charge on any atom is -0.549 e. The molecule has 0 radical (unpaired) electrons. The number of nitrogens with one attached hydrogen (secondary N) is 3. The Labute approximate surface area is 197 Å². The van der Waals surface area contributed by atoms with E-state index in [0.717, 1.165) is 50.3 Å². The van der Waals surface area contributed by atoms with E-state index in [1.54, 1.807) is 0 Å². The molecule has 3 rings (SSSR count). The normalized spacial score (nSPS) is 24.1. The van der Waals surface area contributed by atoms with Crippen molar-refractivity contribution in [3.63, 3.8) is 0 Å². The van der Waals surface area contributed by atoms with E-state index in [1.807, 2.05) is 0 Å². The number of aliphatic carboxylic acids is 1. The lowest BCUT2D eigenvalue weighted by Crippen LogP contribution is -2.65. The molecule has 2 heterocycles. The van der Waals surface area contributed by atoms with Crippen molar-refractivity contribution in [1.29, 1.82) is 0 Å². The third-order valence-corrected chi connectivity index (χ3v) is 7.17. The zero-order valence-electron chi connectivity index (χ0n) is 18.7. The van der Waals surface area contributed by atoms with Crippen molar-refractivity contribution in [3.8, 4) is 0 Å². The zero-order chi connectivity index (χ0) is 23.8. The fraction of sp³-hybridized carbons (Fsp3) is 0.762. The van der Waals surface area contributed by atoms with Gasteiger partial charge in [0.25, 0.3) is 0 Å². The van der Waals surface area contributed by atoms with Crippen LogP contribution >= 0.6 is 11.8 Å². The quantitative estimate of drug-likeness (QED) is 0.396. The van der Waals surface area contributed by atoms with Gasteiger partial charge >= 0.3 is 6.03 Å². The van der Waals surface area contributed by atoms with Gasteiger partial charge in [-0.3, -0.25) is 14.4 Å². The van der Waals surface area contributed by atoms with Crippen molar-refractivity contribution < 1.29 is 29.1 Å². The number of hydrogen-bond donors (Lipinski definition) is 3. The van der Waals surface area contributed by atoms with Gasteiger partial charge in [-0.25, -0.2) is 4.79 Å². The summed E-state index contributed by atoms with van der Waals surface area (Å²) in [5, 5.41) is 19.1. The van der Waals surface area contributed by atoms with Crippen molar-refractivity contribution in [1.82, 2.24) is 25.8 Å². The molecule has 0 aromatic heterocycles. The van der Waals surface area contributed by atoms with Crippen molar-refractivity contribution >= 4 is 41.5 Å². The van der Waals surface area contributed by atoms with Gasteiger partial charge in [0.1, 0.15) is 12.1 Å². The highest BCUT2D eigenvalue weighted by Crippen LogP contribution is 2.19. The number of carboxylic acids is 1. The van der Waals surface area contributed by atoms with Crippen LogP contribution < -0.4 is 21.1 Å². The van der Waals surface area contributed by atoms with Gasteiger partial charge in [0.15, 0.2) is 0 Å². The lowest BCUT2D eigenvalue weighted by Gasteiger charge is -2.41. The Kier molecular flexibility index (Phi) is 9.21. The number of carboxylic acid groups (broad SMARTS) is 1. The summed E-state index contributed by atoms with van der Waals surface area (Å²) in [6.07, 6.45) is 6.32. The number of rotatable bonds is 7. The predicted octanol–water partition coefficient (Wildman–Crippen LogP) is -1.58. The number of thioether (sulfide) groups is 1. The van der Waals surface area contributed by atoms with Crippen LogP contribution in [-0.2, 0) is 19.2 Å². The van der Waals surface area contributed by atoms with Crippen LogP contribution in [-0.4, -0.2) is 95.3 Å². The molecule has 3 fully saturated rings. The van der Waals surface area contributed by atoms with Crippen molar-refractivity contribution in [3.05, 3.63) is 0 Å². The number of amides is 5. The molecule has 11 nitrogen and oxygen atoms in total. The molecule has 0 bridgehead atoms. The van der Waals surface area contributed by atoms with E-state index >= 15 is 0 Å². The molecule has 5 amide bonds. The summed E-state index contributed by atoms with van der Waals surface area (Å²) in [6, 6.07) is -1.88. The van der Waals surface area contributed by atoms with E-state index in [9.17, 15) is 29.1 Å². The average Bonchev–Trinajstić information content (AvgIpc) is 2.80. The molecule has 3 aliphatic rings. The van der Waals surface area contributed by atoms with Crippen LogP contribution in [0.25, 0.3) is 0 Å². The number of carbonyl (C=O) groups is 5. The minimum absolute atomic E-state index is 0.0109. The molecule has 0 unspecified atom stereocenters. The SMILES string of the molecule is O=C([O-])CSCC(=O)N1CCN(C(=O)NC2CCCCC2)[C@@H](C(=O)N[C@H]2CCCNC2=O)C1. The minimum atomic E-state index is -1.25. The third kappa shape index (κ3) is 7.24. The van der Waals surface area contributed by atoms with Gasteiger partial charge in [-0.05, 0) is 25.7 Å². The van der Waals surface area contributed by atoms with Crippen LogP contribution in [0, 0.1) is 0 Å². The molecule has 1 aliphatic carbocycles. The van der Waals surface area contributed by atoms with E-state index in [2.05, 4.69) is 16.0 Å². The number of nitrogens with zero attached hydrogens (tertiary/aromatic N) is 2. The van der Waals surface area contributed by atoms with Crippen LogP contribution in [0.5, 0.6) is 0 Å². The second kappa shape index (κ2) is 12.1. The monoisotopic (exact) mass is 482 g/mol. The molecule has 2 atom stereocenters. The van der Waals surface area contributed by atoms with Crippen LogP contribution in [0.3, 0.4) is 0 Å². The molecule has 0 aromatic carbocycles.